The van der Waals surface area contributed by atoms with Gasteiger partial charge < -0.3 is 15.5 Å². The van der Waals surface area contributed by atoms with Crippen molar-refractivity contribution in [1.29, 1.82) is 0 Å². The van der Waals surface area contributed by atoms with Crippen LogP contribution in [0, 0.1) is 0 Å². The fourth-order valence-corrected chi connectivity index (χ4v) is 3.34. The summed E-state index contributed by atoms with van der Waals surface area (Å²) >= 11 is 1.59. The number of nitrogens with zero attached hydrogens (tertiary/aromatic N) is 1. The lowest BCUT2D eigenvalue weighted by Gasteiger charge is -2.22. The molecule has 6 heteroatoms. The van der Waals surface area contributed by atoms with Crippen LogP contribution >= 0.6 is 11.3 Å². The van der Waals surface area contributed by atoms with E-state index in [0.717, 1.165) is 17.0 Å². The van der Waals surface area contributed by atoms with Crippen LogP contribution in [0.1, 0.15) is 17.4 Å². The van der Waals surface area contributed by atoms with Gasteiger partial charge in [-0.1, -0.05) is 24.3 Å². The molecule has 0 saturated carbocycles. The van der Waals surface area contributed by atoms with Crippen molar-refractivity contribution >= 4 is 29.0 Å². The maximum atomic E-state index is 12.6. The van der Waals surface area contributed by atoms with Gasteiger partial charge in [-0.15, -0.1) is 11.3 Å². The number of para-hydroxylation sites is 1. The highest BCUT2D eigenvalue weighted by atomic mass is 32.1. The number of benzene rings is 1. The van der Waals surface area contributed by atoms with E-state index in [2.05, 4.69) is 10.6 Å². The van der Waals surface area contributed by atoms with Gasteiger partial charge in [0.25, 0.3) is 0 Å². The van der Waals surface area contributed by atoms with Gasteiger partial charge in [0, 0.05) is 17.1 Å². The number of anilines is 1. The van der Waals surface area contributed by atoms with Crippen LogP contribution in [0.5, 0.6) is 0 Å². The van der Waals surface area contributed by atoms with Gasteiger partial charge in [0.1, 0.15) is 6.04 Å². The maximum Gasteiger partial charge on any atom is 0.315 e. The van der Waals surface area contributed by atoms with Crippen LogP contribution in [0.2, 0.25) is 0 Å². The summed E-state index contributed by atoms with van der Waals surface area (Å²) in [6.07, 6.45) is 0.860. The molecular formula is C17H19N3O2S. The molecule has 0 saturated heterocycles. The minimum Gasteiger partial charge on any atom is -0.333 e. The van der Waals surface area contributed by atoms with Gasteiger partial charge in [0.2, 0.25) is 5.91 Å². The zero-order chi connectivity index (χ0) is 16.2. The van der Waals surface area contributed by atoms with Crippen molar-refractivity contribution in [1.82, 2.24) is 10.6 Å². The number of nitrogens with one attached hydrogen (secondary N) is 2. The Kier molecular flexibility index (Phi) is 4.62. The van der Waals surface area contributed by atoms with Gasteiger partial charge in [0.15, 0.2) is 0 Å². The predicted molar refractivity (Wildman–Crippen MR) is 91.7 cm³/mol. The molecule has 2 heterocycles. The number of carbonyl (C=O) groups excluding carboxylic acids is 2. The van der Waals surface area contributed by atoms with Crippen molar-refractivity contribution in [3.63, 3.8) is 0 Å². The molecule has 5 nitrogen and oxygen atoms in total. The summed E-state index contributed by atoms with van der Waals surface area (Å²) < 4.78 is 0. The summed E-state index contributed by atoms with van der Waals surface area (Å²) in [4.78, 5) is 27.3. The SMILES string of the molecule is CC(NC(=O)NCc1cccs1)C(=O)N1CCc2ccccc21. The van der Waals surface area contributed by atoms with Crippen molar-refractivity contribution in [2.45, 2.75) is 25.9 Å². The third kappa shape index (κ3) is 3.53. The molecule has 1 aliphatic heterocycles. The molecule has 1 unspecified atom stereocenters. The summed E-state index contributed by atoms with van der Waals surface area (Å²) in [6.45, 7) is 2.85. The molecule has 1 aromatic heterocycles. The number of hydrogen-bond acceptors (Lipinski definition) is 3. The summed E-state index contributed by atoms with van der Waals surface area (Å²) in [5.74, 6) is -0.0822. The Balaban J connectivity index is 1.55. The zero-order valence-electron chi connectivity index (χ0n) is 12.9. The lowest BCUT2D eigenvalue weighted by atomic mass is 10.2. The average Bonchev–Trinajstić information content (AvgIpc) is 3.21. The lowest BCUT2D eigenvalue weighted by molar-refractivity contribution is -0.119. The first-order valence-corrected chi connectivity index (χ1v) is 8.49. The number of amides is 3. The molecule has 0 bridgehead atoms. The molecule has 2 aromatic rings. The van der Waals surface area contributed by atoms with Crippen molar-refractivity contribution in [2.75, 3.05) is 11.4 Å². The molecule has 0 aliphatic carbocycles. The molecule has 0 fully saturated rings. The quantitative estimate of drug-likeness (QED) is 0.905. The van der Waals surface area contributed by atoms with Crippen LogP contribution in [-0.2, 0) is 17.8 Å². The van der Waals surface area contributed by atoms with Crippen LogP contribution < -0.4 is 15.5 Å². The molecule has 1 atom stereocenters. The van der Waals surface area contributed by atoms with E-state index >= 15 is 0 Å². The number of fused-ring (bicyclic) bond motifs is 1. The van der Waals surface area contributed by atoms with E-state index in [0.29, 0.717) is 13.1 Å². The van der Waals surface area contributed by atoms with Crippen LogP contribution in [0.4, 0.5) is 10.5 Å². The number of hydrogen-bond donors (Lipinski definition) is 2. The van der Waals surface area contributed by atoms with E-state index in [-0.39, 0.29) is 11.9 Å². The Morgan fingerprint density at radius 3 is 2.87 bits per heavy atom. The smallest absolute Gasteiger partial charge is 0.315 e. The largest absolute Gasteiger partial charge is 0.333 e. The number of urea groups is 1. The minimum atomic E-state index is -0.565. The lowest BCUT2D eigenvalue weighted by Crippen LogP contribution is -2.49. The van der Waals surface area contributed by atoms with Gasteiger partial charge in [-0.05, 0) is 36.4 Å². The summed E-state index contributed by atoms with van der Waals surface area (Å²) in [5, 5.41) is 7.45. The second-order valence-corrected chi connectivity index (χ2v) is 6.53. The monoisotopic (exact) mass is 329 g/mol. The average molecular weight is 329 g/mol. The number of thiophene rings is 1. The first-order valence-electron chi connectivity index (χ1n) is 7.61. The van der Waals surface area contributed by atoms with Crippen molar-refractivity contribution in [2.24, 2.45) is 0 Å². The molecule has 120 valence electrons. The molecular weight excluding hydrogens is 310 g/mol. The summed E-state index contributed by atoms with van der Waals surface area (Å²) in [6, 6.07) is 10.9. The Morgan fingerprint density at radius 2 is 2.09 bits per heavy atom. The molecule has 2 N–H and O–H groups in total. The van der Waals surface area contributed by atoms with Gasteiger partial charge in [-0.25, -0.2) is 4.79 Å². The van der Waals surface area contributed by atoms with Crippen LogP contribution in [0.15, 0.2) is 41.8 Å². The summed E-state index contributed by atoms with van der Waals surface area (Å²) in [5.41, 5.74) is 2.13. The van der Waals surface area contributed by atoms with Gasteiger partial charge in [0.05, 0.1) is 6.54 Å². The van der Waals surface area contributed by atoms with Crippen molar-refractivity contribution in [3.05, 3.63) is 52.2 Å². The Bertz CT molecular complexity index is 700. The van der Waals surface area contributed by atoms with E-state index in [1.54, 1.807) is 23.2 Å². The van der Waals surface area contributed by atoms with E-state index in [1.807, 2.05) is 41.8 Å². The van der Waals surface area contributed by atoms with Crippen LogP contribution in [0.25, 0.3) is 0 Å². The third-order valence-corrected chi connectivity index (χ3v) is 4.75. The first-order chi connectivity index (χ1) is 11.1. The molecule has 1 aromatic carbocycles. The standard InChI is InChI=1S/C17H19N3O2S/c1-12(19-17(22)18-11-14-6-4-10-23-14)16(21)20-9-8-13-5-2-3-7-15(13)20/h2-7,10,12H,8-9,11H2,1H3,(H2,18,19,22). The third-order valence-electron chi connectivity index (χ3n) is 3.87. The number of rotatable bonds is 4. The molecule has 1 aliphatic rings. The Hall–Kier alpha value is -2.34. The van der Waals surface area contributed by atoms with E-state index in [9.17, 15) is 9.59 Å². The Labute approximate surface area is 139 Å². The second kappa shape index (κ2) is 6.83. The highest BCUT2D eigenvalue weighted by Crippen LogP contribution is 2.27. The topological polar surface area (TPSA) is 61.4 Å². The maximum absolute atomic E-state index is 12.6. The molecule has 3 amide bonds. The van der Waals surface area contributed by atoms with Crippen LogP contribution in [-0.4, -0.2) is 24.5 Å². The fourth-order valence-electron chi connectivity index (χ4n) is 2.69. The fraction of sp³-hybridized carbons (Fsp3) is 0.294. The van der Waals surface area contributed by atoms with Gasteiger partial charge in [-0.3, -0.25) is 4.79 Å². The normalized spacial score (nSPS) is 14.2. The van der Waals surface area contributed by atoms with Gasteiger partial charge in [-0.2, -0.15) is 0 Å². The Morgan fingerprint density at radius 1 is 1.26 bits per heavy atom. The van der Waals surface area contributed by atoms with E-state index in [1.165, 1.54) is 5.56 Å². The highest BCUT2D eigenvalue weighted by Gasteiger charge is 2.28. The minimum absolute atomic E-state index is 0.0822. The first kappa shape index (κ1) is 15.6. The second-order valence-electron chi connectivity index (χ2n) is 5.50. The predicted octanol–water partition coefficient (Wildman–Crippen LogP) is 2.53. The van der Waals surface area contributed by atoms with E-state index < -0.39 is 6.04 Å². The number of carbonyl (C=O) groups is 2. The molecule has 23 heavy (non-hydrogen) atoms. The molecule has 3 rings (SSSR count). The highest BCUT2D eigenvalue weighted by molar-refractivity contribution is 7.09. The molecule has 0 spiro atoms. The van der Waals surface area contributed by atoms with E-state index in [4.69, 9.17) is 0 Å². The van der Waals surface area contributed by atoms with Crippen LogP contribution in [0.3, 0.4) is 0 Å². The summed E-state index contributed by atoms with van der Waals surface area (Å²) in [7, 11) is 0. The van der Waals surface area contributed by atoms with Gasteiger partial charge >= 0.3 is 6.03 Å². The molecule has 0 radical (unpaired) electrons. The van der Waals surface area contributed by atoms with Crippen molar-refractivity contribution in [3.8, 4) is 0 Å². The van der Waals surface area contributed by atoms with Crippen molar-refractivity contribution < 1.29 is 9.59 Å². The zero-order valence-corrected chi connectivity index (χ0v) is 13.7.